The fourth-order valence-corrected chi connectivity index (χ4v) is 2.58. The molecule has 2 aromatic rings. The predicted molar refractivity (Wildman–Crippen MR) is 64.8 cm³/mol. The molecule has 0 fully saturated rings. The lowest BCUT2D eigenvalue weighted by Crippen LogP contribution is -2.24. The van der Waals surface area contributed by atoms with Crippen LogP contribution in [0.2, 0.25) is 0 Å². The second kappa shape index (κ2) is 5.47. The maximum Gasteiger partial charge on any atom is 0.243 e. The molecule has 0 aliphatic carbocycles. The highest BCUT2D eigenvalue weighted by Crippen LogP contribution is 2.16. The summed E-state index contributed by atoms with van der Waals surface area (Å²) in [6, 6.07) is 5.23. The van der Waals surface area contributed by atoms with Crippen molar-refractivity contribution in [2.24, 2.45) is 5.73 Å². The topological polar surface area (TPSA) is 98.2 Å². The minimum atomic E-state index is -3.96. The Kier molecular flexibility index (Phi) is 3.93. The molecule has 8 heteroatoms. The molecule has 0 saturated carbocycles. The van der Waals surface area contributed by atoms with Gasteiger partial charge in [0.15, 0.2) is 0 Å². The van der Waals surface area contributed by atoms with Gasteiger partial charge in [-0.3, -0.25) is 0 Å². The van der Waals surface area contributed by atoms with Gasteiger partial charge in [0.05, 0.1) is 12.2 Å². The van der Waals surface area contributed by atoms with Crippen LogP contribution in [0.5, 0.6) is 0 Å². The van der Waals surface area contributed by atoms with Gasteiger partial charge in [-0.25, -0.2) is 17.5 Å². The van der Waals surface area contributed by atoms with Gasteiger partial charge in [0.2, 0.25) is 10.0 Å². The maximum absolute atomic E-state index is 13.6. The Labute approximate surface area is 109 Å². The second-order valence-corrected chi connectivity index (χ2v) is 5.52. The van der Waals surface area contributed by atoms with Gasteiger partial charge in [-0.1, -0.05) is 11.2 Å². The van der Waals surface area contributed by atoms with Gasteiger partial charge >= 0.3 is 0 Å². The molecule has 19 heavy (non-hydrogen) atoms. The molecule has 1 aromatic heterocycles. The molecule has 0 bridgehead atoms. The predicted octanol–water partition coefficient (Wildman–Crippen LogP) is 0.751. The Morgan fingerprint density at radius 1 is 1.37 bits per heavy atom. The zero-order valence-corrected chi connectivity index (χ0v) is 10.7. The van der Waals surface area contributed by atoms with E-state index in [-0.39, 0.29) is 13.1 Å². The molecule has 2 rings (SSSR count). The van der Waals surface area contributed by atoms with Crippen molar-refractivity contribution < 1.29 is 17.3 Å². The molecule has 3 N–H and O–H groups in total. The number of aromatic nitrogens is 1. The van der Waals surface area contributed by atoms with Crippen molar-refractivity contribution >= 4 is 10.0 Å². The third-order valence-electron chi connectivity index (χ3n) is 2.46. The number of sulfonamides is 1. The lowest BCUT2D eigenvalue weighted by atomic mass is 10.2. The number of halogens is 1. The van der Waals surface area contributed by atoms with Crippen LogP contribution in [0.25, 0.3) is 0 Å². The van der Waals surface area contributed by atoms with E-state index in [1.54, 1.807) is 0 Å². The molecule has 6 nitrogen and oxygen atoms in total. The van der Waals surface area contributed by atoms with Crippen LogP contribution in [0.15, 0.2) is 39.9 Å². The molecule has 1 heterocycles. The van der Waals surface area contributed by atoms with Crippen LogP contribution in [0.1, 0.15) is 11.3 Å². The van der Waals surface area contributed by atoms with Crippen molar-refractivity contribution in [3.8, 4) is 0 Å². The molecule has 0 spiro atoms. The first-order valence-corrected chi connectivity index (χ1v) is 6.88. The third kappa shape index (κ3) is 3.16. The lowest BCUT2D eigenvalue weighted by molar-refractivity contribution is 0.411. The molecule has 0 amide bonds. The van der Waals surface area contributed by atoms with Crippen LogP contribution >= 0.6 is 0 Å². The van der Waals surface area contributed by atoms with Gasteiger partial charge in [-0.2, -0.15) is 0 Å². The molecule has 0 radical (unpaired) electrons. The molecule has 0 saturated heterocycles. The van der Waals surface area contributed by atoms with E-state index >= 15 is 0 Å². The highest BCUT2D eigenvalue weighted by molar-refractivity contribution is 7.89. The summed E-state index contributed by atoms with van der Waals surface area (Å²) in [5.74, 6) is -0.829. The Balaban J connectivity index is 2.23. The lowest BCUT2D eigenvalue weighted by Gasteiger charge is -2.07. The van der Waals surface area contributed by atoms with Crippen molar-refractivity contribution in [1.82, 2.24) is 9.88 Å². The second-order valence-electron chi connectivity index (χ2n) is 3.78. The number of rotatable bonds is 5. The van der Waals surface area contributed by atoms with Gasteiger partial charge in [0, 0.05) is 12.6 Å². The van der Waals surface area contributed by atoms with Crippen LogP contribution in [0, 0.1) is 5.82 Å². The first kappa shape index (κ1) is 13.7. The van der Waals surface area contributed by atoms with Crippen molar-refractivity contribution in [2.75, 3.05) is 0 Å². The number of nitrogens with two attached hydrogens (primary N) is 1. The summed E-state index contributed by atoms with van der Waals surface area (Å²) >= 11 is 0. The van der Waals surface area contributed by atoms with E-state index in [4.69, 9.17) is 5.73 Å². The van der Waals surface area contributed by atoms with Gasteiger partial charge in [-0.15, -0.1) is 0 Å². The van der Waals surface area contributed by atoms with Crippen molar-refractivity contribution in [1.29, 1.82) is 0 Å². The van der Waals surface area contributed by atoms with E-state index in [2.05, 4.69) is 14.4 Å². The fraction of sp³-hybridized carbons (Fsp3) is 0.182. The minimum Gasteiger partial charge on any atom is -0.364 e. The Morgan fingerprint density at radius 2 is 2.16 bits per heavy atom. The Hall–Kier alpha value is -1.77. The van der Waals surface area contributed by atoms with Crippen LogP contribution < -0.4 is 10.5 Å². The molecule has 0 aliphatic rings. The first-order valence-electron chi connectivity index (χ1n) is 5.40. The molecule has 102 valence electrons. The van der Waals surface area contributed by atoms with Gasteiger partial charge in [0.25, 0.3) is 0 Å². The molecule has 1 aromatic carbocycles. The number of benzene rings is 1. The van der Waals surface area contributed by atoms with E-state index in [9.17, 15) is 12.8 Å². The summed E-state index contributed by atoms with van der Waals surface area (Å²) in [6.45, 7) is 0.0528. The SMILES string of the molecule is NCc1ccc(F)c(S(=O)(=O)NCc2ccon2)c1. The Bertz CT molecular complexity index is 656. The van der Waals surface area contributed by atoms with Crippen molar-refractivity contribution in [3.05, 3.63) is 47.6 Å². The summed E-state index contributed by atoms with van der Waals surface area (Å²) in [5.41, 5.74) is 6.34. The number of nitrogens with one attached hydrogen (secondary N) is 1. The first-order chi connectivity index (χ1) is 9.03. The van der Waals surface area contributed by atoms with Crippen LogP contribution in [-0.2, 0) is 23.1 Å². The average Bonchev–Trinajstić information content (AvgIpc) is 2.90. The summed E-state index contributed by atoms with van der Waals surface area (Å²) in [7, 11) is -3.96. The zero-order chi connectivity index (χ0) is 13.9. The van der Waals surface area contributed by atoms with Crippen LogP contribution in [0.3, 0.4) is 0 Å². The summed E-state index contributed by atoms with van der Waals surface area (Å²) < 4.78 is 44.3. The third-order valence-corrected chi connectivity index (χ3v) is 3.87. The largest absolute Gasteiger partial charge is 0.364 e. The van der Waals surface area contributed by atoms with E-state index in [0.717, 1.165) is 6.07 Å². The van der Waals surface area contributed by atoms with Gasteiger partial charge in [-0.05, 0) is 17.7 Å². The Morgan fingerprint density at radius 3 is 2.79 bits per heavy atom. The van der Waals surface area contributed by atoms with Crippen molar-refractivity contribution in [2.45, 2.75) is 18.0 Å². The summed E-state index contributed by atoms with van der Waals surface area (Å²) in [4.78, 5) is -0.432. The minimum absolute atomic E-state index is 0.0782. The highest BCUT2D eigenvalue weighted by atomic mass is 32.2. The number of nitrogens with zero attached hydrogens (tertiary/aromatic N) is 1. The fourth-order valence-electron chi connectivity index (χ4n) is 1.46. The highest BCUT2D eigenvalue weighted by Gasteiger charge is 2.19. The molecule has 0 atom stereocenters. The monoisotopic (exact) mass is 285 g/mol. The summed E-state index contributed by atoms with van der Waals surface area (Å²) in [6.07, 6.45) is 1.32. The quantitative estimate of drug-likeness (QED) is 0.844. The van der Waals surface area contributed by atoms with Gasteiger partial charge < -0.3 is 10.3 Å². The van der Waals surface area contributed by atoms with Gasteiger partial charge in [0.1, 0.15) is 17.0 Å². The van der Waals surface area contributed by atoms with Crippen LogP contribution in [-0.4, -0.2) is 13.6 Å². The smallest absolute Gasteiger partial charge is 0.243 e. The zero-order valence-electron chi connectivity index (χ0n) is 9.84. The van der Waals surface area contributed by atoms with E-state index in [1.165, 1.54) is 24.5 Å². The summed E-state index contributed by atoms with van der Waals surface area (Å²) in [5, 5.41) is 3.55. The van der Waals surface area contributed by atoms with E-state index in [0.29, 0.717) is 11.3 Å². The molecule has 0 unspecified atom stereocenters. The standard InChI is InChI=1S/C11H12FN3O3S/c12-10-2-1-8(6-13)5-11(10)19(16,17)14-7-9-3-4-18-15-9/h1-5,14H,6-7,13H2. The van der Waals surface area contributed by atoms with Crippen molar-refractivity contribution in [3.63, 3.8) is 0 Å². The normalized spacial score (nSPS) is 11.7. The number of hydrogen-bond acceptors (Lipinski definition) is 5. The average molecular weight is 285 g/mol. The van der Waals surface area contributed by atoms with E-state index < -0.39 is 20.7 Å². The van der Waals surface area contributed by atoms with Crippen LogP contribution in [0.4, 0.5) is 4.39 Å². The molecular formula is C11H12FN3O3S. The maximum atomic E-state index is 13.6. The van der Waals surface area contributed by atoms with E-state index in [1.807, 2.05) is 0 Å². The molecule has 0 aliphatic heterocycles. The molecular weight excluding hydrogens is 273 g/mol. The number of hydrogen-bond donors (Lipinski definition) is 2.